The number of amides is 1. The first-order valence-corrected chi connectivity index (χ1v) is 6.90. The van der Waals surface area contributed by atoms with Gasteiger partial charge in [0.05, 0.1) is 26.9 Å². The highest BCUT2D eigenvalue weighted by molar-refractivity contribution is 5.86. The summed E-state index contributed by atoms with van der Waals surface area (Å²) in [7, 11) is 3.11. The van der Waals surface area contributed by atoms with Gasteiger partial charge in [-0.05, 0) is 29.8 Å². The summed E-state index contributed by atoms with van der Waals surface area (Å²) in [5.41, 5.74) is 3.84. The molecule has 120 valence electrons. The van der Waals surface area contributed by atoms with Crippen LogP contribution in [-0.4, -0.2) is 26.3 Å². The van der Waals surface area contributed by atoms with Crippen LogP contribution in [0.3, 0.4) is 0 Å². The third-order valence-corrected chi connectivity index (χ3v) is 3.11. The molecular formula is C17H17FN2O3. The Morgan fingerprint density at radius 2 is 1.91 bits per heavy atom. The van der Waals surface area contributed by atoms with Gasteiger partial charge in [-0.15, -0.1) is 0 Å². The van der Waals surface area contributed by atoms with Crippen molar-refractivity contribution in [3.8, 4) is 11.5 Å². The molecule has 0 atom stereocenters. The normalized spacial score (nSPS) is 10.6. The van der Waals surface area contributed by atoms with E-state index in [1.165, 1.54) is 18.3 Å². The van der Waals surface area contributed by atoms with Crippen LogP contribution in [0.25, 0.3) is 0 Å². The van der Waals surface area contributed by atoms with Crippen LogP contribution >= 0.6 is 0 Å². The summed E-state index contributed by atoms with van der Waals surface area (Å²) in [6.07, 6.45) is 1.61. The van der Waals surface area contributed by atoms with Crippen LogP contribution in [0.2, 0.25) is 0 Å². The molecule has 0 heterocycles. The molecule has 2 rings (SSSR count). The van der Waals surface area contributed by atoms with E-state index in [-0.39, 0.29) is 18.1 Å². The number of carbonyl (C=O) groups excluding carboxylic acids is 1. The summed E-state index contributed by atoms with van der Waals surface area (Å²) in [5, 5.41) is 3.90. The predicted octanol–water partition coefficient (Wildman–Crippen LogP) is 2.54. The third kappa shape index (κ3) is 4.81. The molecule has 0 saturated carbocycles. The van der Waals surface area contributed by atoms with Gasteiger partial charge in [0.15, 0.2) is 0 Å². The van der Waals surface area contributed by atoms with E-state index in [1.54, 1.807) is 44.6 Å². The molecule has 0 unspecified atom stereocenters. The molecule has 0 aromatic heterocycles. The Morgan fingerprint density at radius 3 is 2.57 bits per heavy atom. The van der Waals surface area contributed by atoms with E-state index in [1.807, 2.05) is 0 Å². The maximum Gasteiger partial charge on any atom is 0.244 e. The highest BCUT2D eigenvalue weighted by atomic mass is 19.1. The predicted molar refractivity (Wildman–Crippen MR) is 85.4 cm³/mol. The molecule has 23 heavy (non-hydrogen) atoms. The van der Waals surface area contributed by atoms with Gasteiger partial charge < -0.3 is 9.47 Å². The Labute approximate surface area is 133 Å². The minimum Gasteiger partial charge on any atom is -0.497 e. The summed E-state index contributed by atoms with van der Waals surface area (Å²) in [5.74, 6) is 0.624. The average molecular weight is 316 g/mol. The minimum absolute atomic E-state index is 0.122. The molecule has 0 aliphatic heterocycles. The molecule has 2 aromatic rings. The fourth-order valence-electron chi connectivity index (χ4n) is 1.93. The van der Waals surface area contributed by atoms with Crippen molar-refractivity contribution >= 4 is 12.1 Å². The number of halogens is 1. The largest absolute Gasteiger partial charge is 0.497 e. The quantitative estimate of drug-likeness (QED) is 0.658. The minimum atomic E-state index is -0.334. The third-order valence-electron chi connectivity index (χ3n) is 3.11. The number of benzene rings is 2. The van der Waals surface area contributed by atoms with E-state index in [4.69, 9.17) is 9.47 Å². The standard InChI is InChI=1S/C17H17FN2O3/c1-22-15-8-5-13(16(10-15)23-2)11-19-20-17(21)9-12-3-6-14(18)7-4-12/h3-8,10-11H,9H2,1-2H3,(H,20,21)/b19-11-. The summed E-state index contributed by atoms with van der Waals surface area (Å²) < 4.78 is 23.1. The second kappa shape index (κ2) is 7.93. The molecule has 0 fully saturated rings. The Morgan fingerprint density at radius 1 is 1.17 bits per heavy atom. The highest BCUT2D eigenvalue weighted by Gasteiger charge is 2.04. The lowest BCUT2D eigenvalue weighted by Gasteiger charge is -2.07. The molecule has 1 N–H and O–H groups in total. The maximum absolute atomic E-state index is 12.8. The van der Waals surface area contributed by atoms with Gasteiger partial charge in [-0.25, -0.2) is 9.82 Å². The Hall–Kier alpha value is -2.89. The van der Waals surface area contributed by atoms with E-state index in [0.717, 1.165) is 0 Å². The van der Waals surface area contributed by atoms with Crippen molar-refractivity contribution in [1.29, 1.82) is 0 Å². The topological polar surface area (TPSA) is 59.9 Å². The second-order valence-electron chi connectivity index (χ2n) is 4.70. The highest BCUT2D eigenvalue weighted by Crippen LogP contribution is 2.22. The van der Waals surface area contributed by atoms with Crippen LogP contribution in [0.15, 0.2) is 47.6 Å². The molecule has 0 saturated heterocycles. The molecule has 2 aromatic carbocycles. The molecule has 5 nitrogen and oxygen atoms in total. The number of methoxy groups -OCH3 is 2. The summed E-state index contributed by atoms with van der Waals surface area (Å²) in [6.45, 7) is 0. The van der Waals surface area contributed by atoms with Crippen molar-refractivity contribution in [1.82, 2.24) is 5.43 Å². The Balaban J connectivity index is 1.95. The fourth-order valence-corrected chi connectivity index (χ4v) is 1.93. The smallest absolute Gasteiger partial charge is 0.244 e. The lowest BCUT2D eigenvalue weighted by molar-refractivity contribution is -0.120. The van der Waals surface area contributed by atoms with Gasteiger partial charge in [0.2, 0.25) is 5.91 Å². The van der Waals surface area contributed by atoms with Crippen molar-refractivity contribution in [2.75, 3.05) is 14.2 Å². The van der Waals surface area contributed by atoms with Crippen LogP contribution in [0.4, 0.5) is 4.39 Å². The monoisotopic (exact) mass is 316 g/mol. The number of hydrogen-bond acceptors (Lipinski definition) is 4. The SMILES string of the molecule is COc1ccc(/C=N\NC(=O)Cc2ccc(F)cc2)c(OC)c1. The molecule has 0 radical (unpaired) electrons. The zero-order chi connectivity index (χ0) is 16.7. The molecule has 0 spiro atoms. The number of carbonyl (C=O) groups is 1. The van der Waals surface area contributed by atoms with Crippen molar-refractivity contribution in [2.24, 2.45) is 5.10 Å². The fraction of sp³-hybridized carbons (Fsp3) is 0.176. The van der Waals surface area contributed by atoms with E-state index >= 15 is 0 Å². The van der Waals surface area contributed by atoms with Crippen LogP contribution in [0.5, 0.6) is 11.5 Å². The number of hydrazone groups is 1. The van der Waals surface area contributed by atoms with Crippen molar-refractivity contribution in [2.45, 2.75) is 6.42 Å². The number of nitrogens with zero attached hydrogens (tertiary/aromatic N) is 1. The molecule has 0 bridgehead atoms. The van der Waals surface area contributed by atoms with Crippen molar-refractivity contribution in [3.05, 3.63) is 59.4 Å². The molecular weight excluding hydrogens is 299 g/mol. The average Bonchev–Trinajstić information content (AvgIpc) is 2.57. The summed E-state index contributed by atoms with van der Waals surface area (Å²) >= 11 is 0. The van der Waals surface area contributed by atoms with E-state index in [2.05, 4.69) is 10.5 Å². The maximum atomic E-state index is 12.8. The molecule has 0 aliphatic carbocycles. The lowest BCUT2D eigenvalue weighted by atomic mass is 10.1. The van der Waals surface area contributed by atoms with Crippen molar-refractivity contribution < 1.29 is 18.7 Å². The van der Waals surface area contributed by atoms with Crippen molar-refractivity contribution in [3.63, 3.8) is 0 Å². The Bertz CT molecular complexity index is 699. The van der Waals surface area contributed by atoms with Crippen LogP contribution < -0.4 is 14.9 Å². The van der Waals surface area contributed by atoms with Gasteiger partial charge in [-0.3, -0.25) is 4.79 Å². The second-order valence-corrected chi connectivity index (χ2v) is 4.70. The first kappa shape index (κ1) is 16.5. The van der Waals surface area contributed by atoms with Crippen LogP contribution in [0, 0.1) is 5.82 Å². The molecule has 0 aliphatic rings. The first-order chi connectivity index (χ1) is 11.1. The zero-order valence-electron chi connectivity index (χ0n) is 12.9. The summed E-state index contributed by atoms with van der Waals surface area (Å²) in [6, 6.07) is 11.0. The van der Waals surface area contributed by atoms with Gasteiger partial charge in [0.1, 0.15) is 17.3 Å². The Kier molecular flexibility index (Phi) is 5.68. The lowest BCUT2D eigenvalue weighted by Crippen LogP contribution is -2.19. The van der Waals surface area contributed by atoms with E-state index in [0.29, 0.717) is 22.6 Å². The van der Waals surface area contributed by atoms with Crippen LogP contribution in [-0.2, 0) is 11.2 Å². The number of rotatable bonds is 6. The van der Waals surface area contributed by atoms with Gasteiger partial charge in [-0.1, -0.05) is 12.1 Å². The van der Waals surface area contributed by atoms with Gasteiger partial charge in [0, 0.05) is 11.6 Å². The summed E-state index contributed by atoms with van der Waals surface area (Å²) in [4.78, 5) is 11.8. The molecule has 1 amide bonds. The van der Waals surface area contributed by atoms with Gasteiger partial charge in [0.25, 0.3) is 0 Å². The van der Waals surface area contributed by atoms with E-state index < -0.39 is 0 Å². The van der Waals surface area contributed by atoms with E-state index in [9.17, 15) is 9.18 Å². The number of ether oxygens (including phenoxy) is 2. The van der Waals surface area contributed by atoms with Gasteiger partial charge in [-0.2, -0.15) is 5.10 Å². The zero-order valence-corrected chi connectivity index (χ0v) is 12.9. The molecule has 6 heteroatoms. The first-order valence-electron chi connectivity index (χ1n) is 6.90. The number of nitrogens with one attached hydrogen (secondary N) is 1. The number of hydrogen-bond donors (Lipinski definition) is 1. The van der Waals surface area contributed by atoms with Gasteiger partial charge >= 0.3 is 0 Å². The van der Waals surface area contributed by atoms with Crippen LogP contribution in [0.1, 0.15) is 11.1 Å².